The Kier molecular flexibility index (Phi) is 7.77. The topological polar surface area (TPSA) is 38.3 Å². The van der Waals surface area contributed by atoms with Gasteiger partial charge in [-0.2, -0.15) is 0 Å². The van der Waals surface area contributed by atoms with Crippen LogP contribution in [0.25, 0.3) is 0 Å². The van der Waals surface area contributed by atoms with E-state index in [2.05, 4.69) is 24.4 Å². The minimum atomic E-state index is -0.00135. The standard InChI is InChI=1S/C22H27NO2/c1-3-4-5-6-7-18-8-10-19(11-9-18)22(24)16-17-23-20-12-14-21(25-2)15-13-20/h8-17,23H,3-7H2,1-2H3/b17-16+. The third-order valence-electron chi connectivity index (χ3n) is 4.13. The van der Waals surface area contributed by atoms with E-state index in [1.807, 2.05) is 36.4 Å². The number of ether oxygens (including phenoxy) is 1. The van der Waals surface area contributed by atoms with Crippen LogP contribution >= 0.6 is 0 Å². The number of hydrogen-bond acceptors (Lipinski definition) is 3. The molecule has 0 unspecified atom stereocenters. The minimum Gasteiger partial charge on any atom is -0.497 e. The van der Waals surface area contributed by atoms with E-state index in [1.165, 1.54) is 31.2 Å². The normalized spacial score (nSPS) is 10.8. The lowest BCUT2D eigenvalue weighted by Crippen LogP contribution is -1.97. The van der Waals surface area contributed by atoms with Crippen LogP contribution in [0.5, 0.6) is 5.75 Å². The molecule has 2 aromatic carbocycles. The van der Waals surface area contributed by atoms with Crippen LogP contribution in [0.3, 0.4) is 0 Å². The second kappa shape index (κ2) is 10.3. The van der Waals surface area contributed by atoms with Gasteiger partial charge in [-0.25, -0.2) is 0 Å². The first-order valence-electron chi connectivity index (χ1n) is 8.93. The molecule has 0 saturated carbocycles. The number of rotatable bonds is 10. The van der Waals surface area contributed by atoms with Crippen LogP contribution in [0.4, 0.5) is 5.69 Å². The van der Waals surface area contributed by atoms with E-state index in [0.29, 0.717) is 5.56 Å². The van der Waals surface area contributed by atoms with E-state index >= 15 is 0 Å². The Morgan fingerprint density at radius 3 is 2.36 bits per heavy atom. The van der Waals surface area contributed by atoms with Gasteiger partial charge in [-0.1, -0.05) is 50.5 Å². The molecule has 0 aliphatic rings. The molecule has 0 atom stereocenters. The first-order chi connectivity index (χ1) is 12.2. The number of unbranched alkanes of at least 4 members (excludes halogenated alkanes) is 3. The number of benzene rings is 2. The largest absolute Gasteiger partial charge is 0.497 e. The van der Waals surface area contributed by atoms with Gasteiger partial charge in [0, 0.05) is 23.5 Å². The number of methoxy groups -OCH3 is 1. The summed E-state index contributed by atoms with van der Waals surface area (Å²) in [6.07, 6.45) is 9.35. The van der Waals surface area contributed by atoms with Crippen molar-refractivity contribution in [3.05, 3.63) is 71.9 Å². The highest BCUT2D eigenvalue weighted by Gasteiger charge is 2.02. The van der Waals surface area contributed by atoms with Gasteiger partial charge in [0.1, 0.15) is 5.75 Å². The van der Waals surface area contributed by atoms with E-state index in [4.69, 9.17) is 4.74 Å². The summed E-state index contributed by atoms with van der Waals surface area (Å²) in [7, 11) is 1.64. The molecule has 1 N–H and O–H groups in total. The van der Waals surface area contributed by atoms with Gasteiger partial charge in [0.2, 0.25) is 0 Å². The molecular weight excluding hydrogens is 310 g/mol. The molecule has 0 amide bonds. The Bertz CT molecular complexity index is 672. The fourth-order valence-corrected chi connectivity index (χ4v) is 2.59. The smallest absolute Gasteiger partial charge is 0.187 e. The molecule has 0 fully saturated rings. The van der Waals surface area contributed by atoms with Crippen molar-refractivity contribution >= 4 is 11.5 Å². The number of carbonyl (C=O) groups excluding carboxylic acids is 1. The zero-order valence-corrected chi connectivity index (χ0v) is 15.1. The average Bonchev–Trinajstić information content (AvgIpc) is 2.66. The number of aryl methyl sites for hydroxylation is 1. The number of anilines is 1. The molecule has 132 valence electrons. The van der Waals surface area contributed by atoms with Crippen LogP contribution in [-0.4, -0.2) is 12.9 Å². The van der Waals surface area contributed by atoms with Crippen molar-refractivity contribution in [2.24, 2.45) is 0 Å². The third-order valence-corrected chi connectivity index (χ3v) is 4.13. The van der Waals surface area contributed by atoms with Crippen molar-refractivity contribution in [3.63, 3.8) is 0 Å². The van der Waals surface area contributed by atoms with Crippen molar-refractivity contribution in [1.82, 2.24) is 0 Å². The summed E-state index contributed by atoms with van der Waals surface area (Å²) in [6.45, 7) is 2.22. The van der Waals surface area contributed by atoms with Gasteiger partial charge in [-0.15, -0.1) is 0 Å². The Morgan fingerprint density at radius 2 is 1.72 bits per heavy atom. The van der Waals surface area contributed by atoms with Crippen molar-refractivity contribution in [2.45, 2.75) is 39.0 Å². The molecule has 25 heavy (non-hydrogen) atoms. The van der Waals surface area contributed by atoms with Gasteiger partial charge in [0.15, 0.2) is 5.78 Å². The second-order valence-electron chi connectivity index (χ2n) is 6.08. The summed E-state index contributed by atoms with van der Waals surface area (Å²) in [5, 5.41) is 3.09. The fraction of sp³-hybridized carbons (Fsp3) is 0.318. The molecule has 0 heterocycles. The van der Waals surface area contributed by atoms with Crippen LogP contribution < -0.4 is 10.1 Å². The highest BCUT2D eigenvalue weighted by atomic mass is 16.5. The Labute approximate surface area is 150 Å². The van der Waals surface area contributed by atoms with E-state index in [-0.39, 0.29) is 5.78 Å². The molecule has 0 spiro atoms. The van der Waals surface area contributed by atoms with E-state index < -0.39 is 0 Å². The van der Waals surface area contributed by atoms with E-state index in [0.717, 1.165) is 17.9 Å². The van der Waals surface area contributed by atoms with Crippen LogP contribution in [0.15, 0.2) is 60.8 Å². The Balaban J connectivity index is 1.82. The summed E-state index contributed by atoms with van der Waals surface area (Å²) in [5.41, 5.74) is 2.92. The van der Waals surface area contributed by atoms with Crippen LogP contribution in [-0.2, 0) is 6.42 Å². The molecule has 0 bridgehead atoms. The molecule has 0 aliphatic heterocycles. The van der Waals surface area contributed by atoms with Crippen molar-refractivity contribution in [2.75, 3.05) is 12.4 Å². The summed E-state index contributed by atoms with van der Waals surface area (Å²) in [4.78, 5) is 12.2. The second-order valence-corrected chi connectivity index (χ2v) is 6.08. The number of allylic oxidation sites excluding steroid dienone is 1. The van der Waals surface area contributed by atoms with Crippen LogP contribution in [0.1, 0.15) is 48.5 Å². The van der Waals surface area contributed by atoms with Gasteiger partial charge >= 0.3 is 0 Å². The van der Waals surface area contributed by atoms with Gasteiger partial charge in [-0.05, 0) is 42.7 Å². The van der Waals surface area contributed by atoms with Gasteiger partial charge in [0.25, 0.3) is 0 Å². The van der Waals surface area contributed by atoms with Crippen LogP contribution in [0, 0.1) is 0 Å². The maximum atomic E-state index is 12.2. The Hall–Kier alpha value is -2.55. The molecule has 0 aliphatic carbocycles. The van der Waals surface area contributed by atoms with Gasteiger partial charge in [0.05, 0.1) is 7.11 Å². The first-order valence-corrected chi connectivity index (χ1v) is 8.93. The SMILES string of the molecule is CCCCCCc1ccc(C(=O)/C=C/Nc2ccc(OC)cc2)cc1. The number of hydrogen-bond donors (Lipinski definition) is 1. The summed E-state index contributed by atoms with van der Waals surface area (Å²) in [6, 6.07) is 15.5. The molecule has 3 nitrogen and oxygen atoms in total. The fourth-order valence-electron chi connectivity index (χ4n) is 2.59. The van der Waals surface area contributed by atoms with E-state index in [9.17, 15) is 4.79 Å². The average molecular weight is 337 g/mol. The molecule has 2 aromatic rings. The van der Waals surface area contributed by atoms with E-state index in [1.54, 1.807) is 19.4 Å². The molecular formula is C22H27NO2. The van der Waals surface area contributed by atoms with Crippen molar-refractivity contribution in [3.8, 4) is 5.75 Å². The molecule has 3 heteroatoms. The maximum Gasteiger partial charge on any atom is 0.187 e. The summed E-state index contributed by atoms with van der Waals surface area (Å²) < 4.78 is 5.12. The Morgan fingerprint density at radius 1 is 1.00 bits per heavy atom. The van der Waals surface area contributed by atoms with Gasteiger partial charge < -0.3 is 10.1 Å². The zero-order valence-electron chi connectivity index (χ0n) is 15.1. The summed E-state index contributed by atoms with van der Waals surface area (Å²) in [5.74, 6) is 0.805. The lowest BCUT2D eigenvalue weighted by molar-refractivity contribution is 0.104. The van der Waals surface area contributed by atoms with Crippen molar-refractivity contribution < 1.29 is 9.53 Å². The monoisotopic (exact) mass is 337 g/mol. The predicted octanol–water partition coefficient (Wildman–Crippen LogP) is 5.63. The number of nitrogens with one attached hydrogen (secondary N) is 1. The minimum absolute atomic E-state index is 0.00135. The number of carbonyl (C=O) groups is 1. The van der Waals surface area contributed by atoms with Crippen LogP contribution in [0.2, 0.25) is 0 Å². The third kappa shape index (κ3) is 6.46. The quantitative estimate of drug-likeness (QED) is 0.347. The van der Waals surface area contributed by atoms with Gasteiger partial charge in [-0.3, -0.25) is 4.79 Å². The van der Waals surface area contributed by atoms with Crippen molar-refractivity contribution in [1.29, 1.82) is 0 Å². The highest BCUT2D eigenvalue weighted by Crippen LogP contribution is 2.15. The molecule has 0 saturated heterocycles. The number of ketones is 1. The molecule has 0 aromatic heterocycles. The highest BCUT2D eigenvalue weighted by molar-refractivity contribution is 6.04. The maximum absolute atomic E-state index is 12.2. The lowest BCUT2D eigenvalue weighted by Gasteiger charge is -2.04. The molecule has 2 rings (SSSR count). The predicted molar refractivity (Wildman–Crippen MR) is 104 cm³/mol. The summed E-state index contributed by atoms with van der Waals surface area (Å²) >= 11 is 0. The first kappa shape index (κ1) is 18.8. The lowest BCUT2D eigenvalue weighted by atomic mass is 10.0. The zero-order chi connectivity index (χ0) is 17.9. The molecule has 0 radical (unpaired) electrons.